The van der Waals surface area contributed by atoms with Crippen LogP contribution in [-0.4, -0.2) is 62.8 Å². The zero-order chi connectivity index (χ0) is 20.4. The summed E-state index contributed by atoms with van der Waals surface area (Å²) in [4.78, 5) is 16.1. The molecule has 0 aromatic heterocycles. The van der Waals surface area contributed by atoms with Crippen molar-refractivity contribution in [3.63, 3.8) is 0 Å². The van der Waals surface area contributed by atoms with E-state index in [9.17, 15) is 4.79 Å². The Balaban J connectivity index is 1.24. The van der Waals surface area contributed by atoms with Crippen molar-refractivity contribution in [3.05, 3.63) is 29.3 Å². The summed E-state index contributed by atoms with van der Waals surface area (Å²) in [5.74, 6) is 1.72. The van der Waals surface area contributed by atoms with Crippen molar-refractivity contribution in [2.75, 3.05) is 46.0 Å². The summed E-state index contributed by atoms with van der Waals surface area (Å²) in [6, 6.07) is 6.97. The van der Waals surface area contributed by atoms with Gasteiger partial charge in [-0.15, -0.1) is 0 Å². The van der Waals surface area contributed by atoms with E-state index in [4.69, 9.17) is 9.47 Å². The van der Waals surface area contributed by atoms with Crippen LogP contribution >= 0.6 is 0 Å². The lowest BCUT2D eigenvalue weighted by Gasteiger charge is -2.50. The van der Waals surface area contributed by atoms with Crippen LogP contribution in [0.2, 0.25) is 0 Å². The number of nitrogens with zero attached hydrogens (tertiary/aromatic N) is 1. The average molecular weight is 414 g/mol. The van der Waals surface area contributed by atoms with Gasteiger partial charge in [0.25, 0.3) is 0 Å². The van der Waals surface area contributed by atoms with Gasteiger partial charge in [-0.05, 0) is 68.2 Å². The Kier molecular flexibility index (Phi) is 5.98. The first kappa shape index (κ1) is 20.3. The van der Waals surface area contributed by atoms with Gasteiger partial charge < -0.3 is 20.1 Å². The van der Waals surface area contributed by atoms with E-state index in [1.165, 1.54) is 11.1 Å². The van der Waals surface area contributed by atoms with Gasteiger partial charge in [-0.25, -0.2) is 0 Å². The molecule has 0 spiro atoms. The van der Waals surface area contributed by atoms with Gasteiger partial charge in [-0.1, -0.05) is 12.1 Å². The number of aryl methyl sites for hydroxylation is 1. The molecule has 1 aliphatic carbocycles. The first-order valence-electron chi connectivity index (χ1n) is 11.8. The highest BCUT2D eigenvalue weighted by Gasteiger charge is 2.50. The molecular weight excluding hydrogens is 378 g/mol. The second-order valence-corrected chi connectivity index (χ2v) is 9.47. The predicted molar refractivity (Wildman–Crippen MR) is 116 cm³/mol. The summed E-state index contributed by atoms with van der Waals surface area (Å²) in [6.07, 6.45) is 6.48. The molecule has 164 valence electrons. The SMILES string of the molecule is O=C(NCc1ccc2c(c1)CCCO2)[C@@]12CC[C@@H](N3CCOCC3)C[C@H]1CCNC2. The van der Waals surface area contributed by atoms with Crippen molar-refractivity contribution in [2.24, 2.45) is 11.3 Å². The average Bonchev–Trinajstić information content (AvgIpc) is 2.82. The van der Waals surface area contributed by atoms with E-state index in [1.54, 1.807) is 0 Å². The molecule has 0 radical (unpaired) electrons. The number of fused-ring (bicyclic) bond motifs is 2. The van der Waals surface area contributed by atoms with Crippen LogP contribution in [0.3, 0.4) is 0 Å². The van der Waals surface area contributed by atoms with E-state index in [0.29, 0.717) is 18.5 Å². The third kappa shape index (κ3) is 3.97. The Morgan fingerprint density at radius 1 is 1.23 bits per heavy atom. The van der Waals surface area contributed by atoms with Crippen molar-refractivity contribution in [1.82, 2.24) is 15.5 Å². The smallest absolute Gasteiger partial charge is 0.228 e. The highest BCUT2D eigenvalue weighted by molar-refractivity contribution is 5.83. The summed E-state index contributed by atoms with van der Waals surface area (Å²) >= 11 is 0. The molecular formula is C24H35N3O3. The zero-order valence-corrected chi connectivity index (χ0v) is 18.0. The molecule has 1 amide bonds. The van der Waals surface area contributed by atoms with Crippen LogP contribution in [0.5, 0.6) is 5.75 Å². The Bertz CT molecular complexity index is 764. The Labute approximate surface area is 179 Å². The number of morpholine rings is 1. The minimum atomic E-state index is -0.252. The predicted octanol–water partition coefficient (Wildman–Crippen LogP) is 2.11. The molecule has 6 nitrogen and oxygen atoms in total. The zero-order valence-electron chi connectivity index (χ0n) is 18.0. The van der Waals surface area contributed by atoms with Gasteiger partial charge in [-0.2, -0.15) is 0 Å². The molecule has 2 N–H and O–H groups in total. The number of carbonyl (C=O) groups is 1. The normalized spacial score (nSPS) is 31.9. The molecule has 5 rings (SSSR count). The molecule has 1 aromatic rings. The number of rotatable bonds is 4. The van der Waals surface area contributed by atoms with E-state index in [0.717, 1.165) is 90.3 Å². The van der Waals surface area contributed by atoms with Gasteiger partial charge >= 0.3 is 0 Å². The van der Waals surface area contributed by atoms with Crippen molar-refractivity contribution < 1.29 is 14.3 Å². The lowest BCUT2D eigenvalue weighted by atomic mass is 9.61. The number of benzene rings is 1. The topological polar surface area (TPSA) is 62.8 Å². The molecule has 3 aliphatic heterocycles. The molecule has 6 heteroatoms. The number of nitrogens with one attached hydrogen (secondary N) is 2. The van der Waals surface area contributed by atoms with Crippen LogP contribution < -0.4 is 15.4 Å². The summed E-state index contributed by atoms with van der Waals surface area (Å²) in [5.41, 5.74) is 2.19. The summed E-state index contributed by atoms with van der Waals surface area (Å²) in [7, 11) is 0. The van der Waals surface area contributed by atoms with Crippen molar-refractivity contribution in [1.29, 1.82) is 0 Å². The molecule has 0 unspecified atom stereocenters. The molecule has 0 bridgehead atoms. The number of ether oxygens (including phenoxy) is 2. The van der Waals surface area contributed by atoms with Crippen molar-refractivity contribution >= 4 is 5.91 Å². The molecule has 1 aromatic carbocycles. The van der Waals surface area contributed by atoms with Crippen LogP contribution in [-0.2, 0) is 22.5 Å². The first-order valence-corrected chi connectivity index (χ1v) is 11.8. The van der Waals surface area contributed by atoms with Crippen molar-refractivity contribution in [2.45, 2.75) is 51.1 Å². The van der Waals surface area contributed by atoms with E-state index >= 15 is 0 Å². The lowest BCUT2D eigenvalue weighted by molar-refractivity contribution is -0.140. The Morgan fingerprint density at radius 2 is 2.13 bits per heavy atom. The van der Waals surface area contributed by atoms with Crippen LogP contribution in [0.1, 0.15) is 43.2 Å². The number of hydrogen-bond donors (Lipinski definition) is 2. The molecule has 3 fully saturated rings. The maximum atomic E-state index is 13.5. The Morgan fingerprint density at radius 3 is 3.03 bits per heavy atom. The fourth-order valence-electron chi connectivity index (χ4n) is 6.05. The van der Waals surface area contributed by atoms with E-state index in [-0.39, 0.29) is 11.3 Å². The highest BCUT2D eigenvalue weighted by atomic mass is 16.5. The molecule has 4 aliphatic rings. The minimum absolute atomic E-state index is 0.245. The third-order valence-corrected chi connectivity index (χ3v) is 7.81. The van der Waals surface area contributed by atoms with Gasteiger partial charge in [0.15, 0.2) is 0 Å². The number of carbonyl (C=O) groups excluding carboxylic acids is 1. The summed E-state index contributed by atoms with van der Waals surface area (Å²) in [6.45, 7) is 7.03. The van der Waals surface area contributed by atoms with Gasteiger partial charge in [-0.3, -0.25) is 9.69 Å². The van der Waals surface area contributed by atoms with Crippen LogP contribution in [0.4, 0.5) is 0 Å². The third-order valence-electron chi connectivity index (χ3n) is 7.81. The van der Waals surface area contributed by atoms with Crippen LogP contribution in [0.15, 0.2) is 18.2 Å². The fraction of sp³-hybridized carbons (Fsp3) is 0.708. The largest absolute Gasteiger partial charge is 0.493 e. The van der Waals surface area contributed by atoms with Crippen LogP contribution in [0, 0.1) is 11.3 Å². The standard InChI is InChI=1S/C24H35N3O3/c28-23(26-16-18-3-4-22-19(14-18)2-1-11-30-22)24-7-5-21(27-9-12-29-13-10-27)15-20(24)6-8-25-17-24/h3-4,14,20-21,25H,1-2,5-13,15-17H2,(H,26,28)/t20-,21-,24-/m1/s1. The van der Waals surface area contributed by atoms with Gasteiger partial charge in [0, 0.05) is 32.2 Å². The quantitative estimate of drug-likeness (QED) is 0.792. The lowest BCUT2D eigenvalue weighted by Crippen LogP contribution is -2.60. The second-order valence-electron chi connectivity index (χ2n) is 9.47. The first-order chi connectivity index (χ1) is 14.7. The van der Waals surface area contributed by atoms with Crippen molar-refractivity contribution in [3.8, 4) is 5.75 Å². The minimum Gasteiger partial charge on any atom is -0.493 e. The molecule has 2 saturated heterocycles. The van der Waals surface area contributed by atoms with Gasteiger partial charge in [0.05, 0.1) is 25.2 Å². The molecule has 1 saturated carbocycles. The van der Waals surface area contributed by atoms with Crippen LogP contribution in [0.25, 0.3) is 0 Å². The summed E-state index contributed by atoms with van der Waals surface area (Å²) in [5, 5.41) is 6.83. The van der Waals surface area contributed by atoms with E-state index in [1.807, 2.05) is 0 Å². The maximum Gasteiger partial charge on any atom is 0.228 e. The number of amides is 1. The molecule has 3 atom stereocenters. The van der Waals surface area contributed by atoms with Gasteiger partial charge in [0.1, 0.15) is 5.75 Å². The second kappa shape index (κ2) is 8.85. The number of piperidine rings is 1. The molecule has 3 heterocycles. The van der Waals surface area contributed by atoms with E-state index in [2.05, 4.69) is 33.7 Å². The van der Waals surface area contributed by atoms with Gasteiger partial charge in [0.2, 0.25) is 5.91 Å². The maximum absolute atomic E-state index is 13.5. The fourth-order valence-corrected chi connectivity index (χ4v) is 6.05. The highest BCUT2D eigenvalue weighted by Crippen LogP contribution is 2.46. The Hall–Kier alpha value is -1.63. The summed E-state index contributed by atoms with van der Waals surface area (Å²) < 4.78 is 11.3. The van der Waals surface area contributed by atoms with E-state index < -0.39 is 0 Å². The molecule has 30 heavy (non-hydrogen) atoms. The monoisotopic (exact) mass is 413 g/mol. The number of hydrogen-bond acceptors (Lipinski definition) is 5.